The molecule has 0 aliphatic carbocycles. The van der Waals surface area contributed by atoms with E-state index < -0.39 is 11.6 Å². The summed E-state index contributed by atoms with van der Waals surface area (Å²) in [7, 11) is 0. The third kappa shape index (κ3) is 4.94. The quantitative estimate of drug-likeness (QED) is 0.817. The zero-order valence-corrected chi connectivity index (χ0v) is 15.5. The minimum atomic E-state index is -0.576. The van der Waals surface area contributed by atoms with Gasteiger partial charge in [-0.3, -0.25) is 4.79 Å². The number of hydrogen-bond acceptors (Lipinski definition) is 4. The molecule has 2 aliphatic rings. The Morgan fingerprint density at radius 2 is 2.00 bits per heavy atom. The summed E-state index contributed by atoms with van der Waals surface area (Å²) in [6.07, 6.45) is 0.465. The first-order valence-electron chi connectivity index (χ1n) is 7.90. The van der Waals surface area contributed by atoms with Crippen molar-refractivity contribution >= 4 is 36.4 Å². The number of benzene rings is 1. The van der Waals surface area contributed by atoms with Crippen molar-refractivity contribution < 1.29 is 18.3 Å². The van der Waals surface area contributed by atoms with Crippen molar-refractivity contribution in [2.24, 2.45) is 0 Å². The van der Waals surface area contributed by atoms with E-state index >= 15 is 0 Å². The number of para-hydroxylation sites is 1. The summed E-state index contributed by atoms with van der Waals surface area (Å²) in [6, 6.07) is 3.32. The summed E-state index contributed by atoms with van der Waals surface area (Å²) in [6.45, 7) is 3.99. The molecule has 0 aromatic heterocycles. The number of rotatable bonds is 3. The fraction of sp³-hybridized carbons (Fsp3) is 0.562. The fourth-order valence-corrected chi connectivity index (χ4v) is 3.19. The Balaban J connectivity index is 0.00000156. The average molecular weight is 398 g/mol. The van der Waals surface area contributed by atoms with Crippen LogP contribution >= 0.6 is 24.8 Å². The molecule has 1 amide bonds. The van der Waals surface area contributed by atoms with Gasteiger partial charge in [-0.05, 0) is 25.5 Å². The number of halogens is 4. The Morgan fingerprint density at radius 1 is 1.32 bits per heavy atom. The fourth-order valence-electron chi connectivity index (χ4n) is 3.19. The van der Waals surface area contributed by atoms with Crippen molar-refractivity contribution in [3.63, 3.8) is 0 Å². The Hall–Kier alpha value is -1.15. The first-order chi connectivity index (χ1) is 11.1. The maximum absolute atomic E-state index is 13.8. The van der Waals surface area contributed by atoms with E-state index in [0.29, 0.717) is 32.7 Å². The molecule has 25 heavy (non-hydrogen) atoms. The molecule has 1 unspecified atom stereocenters. The molecule has 0 bridgehead atoms. The number of nitrogens with one attached hydrogen (secondary N) is 2. The first-order valence-corrected chi connectivity index (χ1v) is 7.90. The number of ether oxygens (including phenoxy) is 1. The smallest absolute Gasteiger partial charge is 0.240 e. The van der Waals surface area contributed by atoms with Crippen LogP contribution in [0.4, 0.5) is 14.5 Å². The topological polar surface area (TPSA) is 53.6 Å². The normalized spacial score (nSPS) is 25.7. The van der Waals surface area contributed by atoms with Crippen molar-refractivity contribution in [2.45, 2.75) is 31.5 Å². The summed E-state index contributed by atoms with van der Waals surface area (Å²) >= 11 is 0. The minimum Gasteiger partial charge on any atom is -0.375 e. The number of carbonyl (C=O) groups is 1. The van der Waals surface area contributed by atoms with Crippen LogP contribution in [0.5, 0.6) is 0 Å². The molecule has 2 heterocycles. The van der Waals surface area contributed by atoms with Gasteiger partial charge in [0.25, 0.3) is 0 Å². The van der Waals surface area contributed by atoms with Gasteiger partial charge in [0.15, 0.2) is 0 Å². The van der Waals surface area contributed by atoms with E-state index in [2.05, 4.69) is 10.6 Å². The molecule has 9 heteroatoms. The molecule has 2 N–H and O–H groups in total. The maximum atomic E-state index is 13.8. The van der Waals surface area contributed by atoms with Crippen LogP contribution in [-0.4, -0.2) is 50.3 Å². The van der Waals surface area contributed by atoms with Crippen LogP contribution in [0, 0.1) is 11.6 Å². The Labute approximate surface area is 158 Å². The lowest BCUT2D eigenvalue weighted by molar-refractivity contribution is -0.129. The number of anilines is 1. The lowest BCUT2D eigenvalue weighted by atomic mass is 10.1. The van der Waals surface area contributed by atoms with Crippen LogP contribution in [0.3, 0.4) is 0 Å². The Kier molecular flexibility index (Phi) is 8.34. The standard InChI is InChI=1S/C16H21F2N3O2.2ClH/c1-10-14(19-6-8-23-10)16(22)20-11-5-7-21(9-11)15-12(17)3-2-4-13(15)18;;/h2-4,10-11,14,19H,5-9H2,1H3,(H,20,22);2*1H/t10-,11?,14+;;/m1../s1. The van der Waals surface area contributed by atoms with E-state index in [1.165, 1.54) is 18.2 Å². The second-order valence-corrected chi connectivity index (χ2v) is 6.02. The monoisotopic (exact) mass is 397 g/mol. The zero-order valence-electron chi connectivity index (χ0n) is 13.8. The molecule has 2 fully saturated rings. The van der Waals surface area contributed by atoms with Gasteiger partial charge in [0, 0.05) is 25.7 Å². The third-order valence-electron chi connectivity index (χ3n) is 4.39. The van der Waals surface area contributed by atoms with Gasteiger partial charge in [0.2, 0.25) is 5.91 Å². The summed E-state index contributed by atoms with van der Waals surface area (Å²) in [5.74, 6) is -1.28. The molecular weight excluding hydrogens is 375 g/mol. The largest absolute Gasteiger partial charge is 0.375 e. The predicted molar refractivity (Wildman–Crippen MR) is 96.8 cm³/mol. The first kappa shape index (κ1) is 21.9. The van der Waals surface area contributed by atoms with Crippen LogP contribution in [0.2, 0.25) is 0 Å². The predicted octanol–water partition coefficient (Wildman–Crippen LogP) is 1.88. The van der Waals surface area contributed by atoms with Gasteiger partial charge in [-0.1, -0.05) is 6.07 Å². The van der Waals surface area contributed by atoms with Crippen LogP contribution in [-0.2, 0) is 9.53 Å². The van der Waals surface area contributed by atoms with Gasteiger partial charge in [0.1, 0.15) is 23.4 Å². The number of carbonyl (C=O) groups excluding carboxylic acids is 1. The highest BCUT2D eigenvalue weighted by Gasteiger charge is 2.32. The zero-order chi connectivity index (χ0) is 16.4. The molecule has 3 rings (SSSR count). The summed E-state index contributed by atoms with van der Waals surface area (Å²) in [5, 5.41) is 6.08. The number of amides is 1. The highest BCUT2D eigenvalue weighted by Crippen LogP contribution is 2.26. The van der Waals surface area contributed by atoms with Gasteiger partial charge in [-0.2, -0.15) is 0 Å². The lowest BCUT2D eigenvalue weighted by Gasteiger charge is -2.30. The number of hydrogen-bond donors (Lipinski definition) is 2. The second-order valence-electron chi connectivity index (χ2n) is 6.02. The third-order valence-corrected chi connectivity index (χ3v) is 4.39. The van der Waals surface area contributed by atoms with E-state index in [4.69, 9.17) is 4.74 Å². The summed E-state index contributed by atoms with van der Waals surface area (Å²) in [4.78, 5) is 14.0. The molecule has 2 saturated heterocycles. The van der Waals surface area contributed by atoms with Crippen molar-refractivity contribution in [2.75, 3.05) is 31.1 Å². The minimum absolute atomic E-state index is 0. The van der Waals surface area contributed by atoms with Crippen LogP contribution in [0.1, 0.15) is 13.3 Å². The van der Waals surface area contributed by atoms with Crippen molar-refractivity contribution in [3.8, 4) is 0 Å². The van der Waals surface area contributed by atoms with Gasteiger partial charge in [-0.15, -0.1) is 24.8 Å². The Morgan fingerprint density at radius 3 is 2.64 bits per heavy atom. The van der Waals surface area contributed by atoms with Gasteiger partial charge < -0.3 is 20.3 Å². The summed E-state index contributed by atoms with van der Waals surface area (Å²) < 4.78 is 33.1. The van der Waals surface area contributed by atoms with Crippen molar-refractivity contribution in [3.05, 3.63) is 29.8 Å². The molecule has 0 spiro atoms. The van der Waals surface area contributed by atoms with E-state index in [1.54, 1.807) is 4.90 Å². The lowest BCUT2D eigenvalue weighted by Crippen LogP contribution is -2.57. The molecular formula is C16H23Cl2F2N3O2. The molecule has 5 nitrogen and oxygen atoms in total. The highest BCUT2D eigenvalue weighted by atomic mass is 35.5. The van der Waals surface area contributed by atoms with Crippen LogP contribution in [0.15, 0.2) is 18.2 Å². The highest BCUT2D eigenvalue weighted by molar-refractivity contribution is 5.85. The second kappa shape index (κ2) is 9.52. The molecule has 0 saturated carbocycles. The van der Waals surface area contributed by atoms with Gasteiger partial charge in [-0.25, -0.2) is 8.78 Å². The van der Waals surface area contributed by atoms with E-state index in [1.807, 2.05) is 6.92 Å². The van der Waals surface area contributed by atoms with Gasteiger partial charge in [0.05, 0.1) is 12.7 Å². The van der Waals surface area contributed by atoms with E-state index in [-0.39, 0.29) is 54.6 Å². The SMILES string of the molecule is C[C@H]1OCCN[C@@H]1C(=O)NC1CCN(c2c(F)cccc2F)C1.Cl.Cl. The average Bonchev–Trinajstić information content (AvgIpc) is 2.95. The molecule has 0 radical (unpaired) electrons. The molecule has 2 aliphatic heterocycles. The molecule has 3 atom stereocenters. The Bertz CT molecular complexity index is 574. The van der Waals surface area contributed by atoms with E-state index in [9.17, 15) is 13.6 Å². The van der Waals surface area contributed by atoms with Gasteiger partial charge >= 0.3 is 0 Å². The molecule has 142 valence electrons. The van der Waals surface area contributed by atoms with E-state index in [0.717, 1.165) is 0 Å². The van der Waals surface area contributed by atoms with Crippen LogP contribution in [0.25, 0.3) is 0 Å². The molecule has 1 aromatic rings. The van der Waals surface area contributed by atoms with Crippen LogP contribution < -0.4 is 15.5 Å². The van der Waals surface area contributed by atoms with Crippen molar-refractivity contribution in [1.82, 2.24) is 10.6 Å². The number of nitrogens with zero attached hydrogens (tertiary/aromatic N) is 1. The maximum Gasteiger partial charge on any atom is 0.240 e. The van der Waals surface area contributed by atoms with Crippen molar-refractivity contribution in [1.29, 1.82) is 0 Å². The number of morpholine rings is 1. The summed E-state index contributed by atoms with van der Waals surface area (Å²) in [5.41, 5.74) is -0.0169. The molecule has 1 aromatic carbocycles.